The summed E-state index contributed by atoms with van der Waals surface area (Å²) >= 11 is 0. The zero-order valence-corrected chi connectivity index (χ0v) is 12.3. The first-order valence-electron chi connectivity index (χ1n) is 6.52. The molecule has 0 aliphatic carbocycles. The number of carboxylic acids is 1. The highest BCUT2D eigenvalue weighted by Crippen LogP contribution is 2.45. The molecular formula is C12H17N3O8. The normalized spacial score (nSPS) is 37.0. The number of hydrogen-bond acceptors (Lipinski definition) is 8. The predicted octanol–water partition coefficient (Wildman–Crippen LogP) is -3.30. The summed E-state index contributed by atoms with van der Waals surface area (Å²) in [7, 11) is 0. The van der Waals surface area contributed by atoms with E-state index in [1.165, 1.54) is 0 Å². The van der Waals surface area contributed by atoms with E-state index in [1.54, 1.807) is 4.98 Å². The Balaban J connectivity index is 2.75. The van der Waals surface area contributed by atoms with Gasteiger partial charge in [-0.1, -0.05) is 0 Å². The number of aromatic carboxylic acids is 1. The lowest BCUT2D eigenvalue weighted by atomic mass is 9.84. The van der Waals surface area contributed by atoms with Crippen molar-refractivity contribution in [1.82, 2.24) is 9.55 Å². The topological polar surface area (TPSA) is 188 Å². The number of aromatic nitrogens is 2. The quantitative estimate of drug-likeness (QED) is 0.308. The summed E-state index contributed by atoms with van der Waals surface area (Å²) in [6.07, 6.45) is -0.716. The van der Waals surface area contributed by atoms with E-state index in [-0.39, 0.29) is 0 Å². The molecule has 4 atom stereocenters. The van der Waals surface area contributed by atoms with Gasteiger partial charge in [0.25, 0.3) is 5.56 Å². The molecule has 2 rings (SSSR count). The molecule has 1 aliphatic heterocycles. The first-order chi connectivity index (χ1) is 10.4. The Hall–Kier alpha value is -2.05. The monoisotopic (exact) mass is 331 g/mol. The van der Waals surface area contributed by atoms with Crippen molar-refractivity contribution in [1.29, 1.82) is 0 Å². The van der Waals surface area contributed by atoms with Gasteiger partial charge in [0.05, 0.1) is 6.61 Å². The molecule has 1 aromatic heterocycles. The number of nitrogens with zero attached hydrogens (tertiary/aromatic N) is 1. The minimum Gasteiger partial charge on any atom is -0.477 e. The van der Waals surface area contributed by atoms with Crippen molar-refractivity contribution in [3.63, 3.8) is 0 Å². The van der Waals surface area contributed by atoms with Crippen molar-refractivity contribution in [3.05, 3.63) is 32.6 Å². The highest BCUT2D eigenvalue weighted by Gasteiger charge is 2.69. The van der Waals surface area contributed by atoms with Crippen LogP contribution in [-0.2, 0) is 10.5 Å². The predicted molar refractivity (Wildman–Crippen MR) is 73.6 cm³/mol. The number of H-pyrrole nitrogens is 1. The summed E-state index contributed by atoms with van der Waals surface area (Å²) < 4.78 is 5.90. The van der Waals surface area contributed by atoms with Crippen molar-refractivity contribution >= 4 is 5.97 Å². The molecular weight excluding hydrogens is 314 g/mol. The number of carbonyl (C=O) groups is 1. The number of aliphatic hydroxyl groups is 3. The SMILES string of the molecule is C[C@@]1(n2cc(C(=O)O)c(=O)[nH]c2=O)O[C@H](CO)[C@@](C)(O)[C@@]1(N)O. The third-order valence-corrected chi connectivity index (χ3v) is 4.28. The largest absolute Gasteiger partial charge is 0.477 e. The Morgan fingerprint density at radius 3 is 2.43 bits per heavy atom. The van der Waals surface area contributed by atoms with Gasteiger partial charge in [-0.25, -0.2) is 9.59 Å². The molecule has 1 aromatic rings. The van der Waals surface area contributed by atoms with Gasteiger partial charge in [0.15, 0.2) is 11.4 Å². The van der Waals surface area contributed by atoms with Crippen LogP contribution < -0.4 is 17.0 Å². The number of nitrogens with one attached hydrogen (secondary N) is 1. The fourth-order valence-electron chi connectivity index (χ4n) is 2.59. The van der Waals surface area contributed by atoms with Gasteiger partial charge < -0.3 is 25.2 Å². The number of carboxylic acid groups (broad SMARTS) is 1. The maximum Gasteiger partial charge on any atom is 0.342 e. The van der Waals surface area contributed by atoms with Crippen molar-refractivity contribution in [2.75, 3.05) is 6.61 Å². The molecule has 0 amide bonds. The third-order valence-electron chi connectivity index (χ3n) is 4.28. The van der Waals surface area contributed by atoms with Gasteiger partial charge in [-0.2, -0.15) is 0 Å². The Morgan fingerprint density at radius 2 is 2.00 bits per heavy atom. The third kappa shape index (κ3) is 2.13. The van der Waals surface area contributed by atoms with Crippen molar-refractivity contribution in [2.24, 2.45) is 5.73 Å². The second-order valence-corrected chi connectivity index (χ2v) is 5.66. The van der Waals surface area contributed by atoms with Gasteiger partial charge in [0, 0.05) is 6.20 Å². The van der Waals surface area contributed by atoms with E-state index in [0.29, 0.717) is 10.8 Å². The van der Waals surface area contributed by atoms with Crippen LogP contribution in [-0.4, -0.2) is 60.0 Å². The van der Waals surface area contributed by atoms with Crippen LogP contribution >= 0.6 is 0 Å². The number of nitrogens with two attached hydrogens (primary N) is 1. The van der Waals surface area contributed by atoms with E-state index < -0.39 is 52.5 Å². The van der Waals surface area contributed by atoms with Crippen LogP contribution in [0.5, 0.6) is 0 Å². The number of ether oxygens (including phenoxy) is 1. The maximum absolute atomic E-state index is 12.0. The lowest BCUT2D eigenvalue weighted by Crippen LogP contribution is -2.69. The second kappa shape index (κ2) is 4.97. The Bertz CT molecular complexity index is 764. The Morgan fingerprint density at radius 1 is 1.43 bits per heavy atom. The van der Waals surface area contributed by atoms with Crippen LogP contribution in [0.15, 0.2) is 15.8 Å². The Labute approximate surface area is 128 Å². The van der Waals surface area contributed by atoms with E-state index in [4.69, 9.17) is 15.6 Å². The zero-order valence-electron chi connectivity index (χ0n) is 12.3. The maximum atomic E-state index is 12.0. The standard InChI is InChI=1S/C12H17N3O8/c1-10(21)6(4-16)23-11(2,12(10,13)22)15-3-5(8(18)19)7(17)14-9(15)20/h3,6,16,21-22H,4,13H2,1-2H3,(H,18,19)(H,14,17,20)/t6-,10-,11-,12-/m1/s1. The van der Waals surface area contributed by atoms with E-state index in [2.05, 4.69) is 0 Å². The number of aromatic amines is 1. The number of hydrogen-bond donors (Lipinski definition) is 6. The van der Waals surface area contributed by atoms with Gasteiger partial charge in [0.1, 0.15) is 17.3 Å². The fraction of sp³-hybridized carbons (Fsp3) is 0.583. The zero-order chi connectivity index (χ0) is 17.8. The van der Waals surface area contributed by atoms with Crippen LogP contribution in [0.2, 0.25) is 0 Å². The highest BCUT2D eigenvalue weighted by atomic mass is 16.6. The Kier molecular flexibility index (Phi) is 3.74. The first kappa shape index (κ1) is 17.3. The van der Waals surface area contributed by atoms with Crippen molar-refractivity contribution < 1.29 is 30.0 Å². The smallest absolute Gasteiger partial charge is 0.342 e. The highest BCUT2D eigenvalue weighted by molar-refractivity contribution is 5.86. The molecule has 0 bridgehead atoms. The van der Waals surface area contributed by atoms with Crippen LogP contribution in [0.25, 0.3) is 0 Å². The number of rotatable bonds is 3. The molecule has 2 heterocycles. The van der Waals surface area contributed by atoms with Crippen LogP contribution in [0.1, 0.15) is 24.2 Å². The molecule has 128 valence electrons. The minimum atomic E-state index is -2.59. The van der Waals surface area contributed by atoms with Crippen LogP contribution in [0, 0.1) is 0 Å². The van der Waals surface area contributed by atoms with Gasteiger partial charge in [0.2, 0.25) is 0 Å². The van der Waals surface area contributed by atoms with Gasteiger partial charge >= 0.3 is 11.7 Å². The molecule has 11 heteroatoms. The van der Waals surface area contributed by atoms with Crippen LogP contribution in [0.4, 0.5) is 0 Å². The summed E-state index contributed by atoms with van der Waals surface area (Å²) in [6, 6.07) is 0. The summed E-state index contributed by atoms with van der Waals surface area (Å²) in [5.74, 6) is -1.62. The lowest BCUT2D eigenvalue weighted by molar-refractivity contribution is -0.196. The molecule has 11 nitrogen and oxygen atoms in total. The lowest BCUT2D eigenvalue weighted by Gasteiger charge is -2.40. The van der Waals surface area contributed by atoms with E-state index in [9.17, 15) is 29.7 Å². The molecule has 0 spiro atoms. The van der Waals surface area contributed by atoms with Gasteiger partial charge in [-0.3, -0.25) is 20.1 Å². The van der Waals surface area contributed by atoms with E-state index in [1.807, 2.05) is 0 Å². The summed E-state index contributed by atoms with van der Waals surface area (Å²) in [4.78, 5) is 36.3. The fourth-order valence-corrected chi connectivity index (χ4v) is 2.59. The molecule has 0 radical (unpaired) electrons. The molecule has 1 fully saturated rings. The van der Waals surface area contributed by atoms with E-state index in [0.717, 1.165) is 13.8 Å². The van der Waals surface area contributed by atoms with Gasteiger partial charge in [-0.15, -0.1) is 0 Å². The first-order valence-corrected chi connectivity index (χ1v) is 6.52. The van der Waals surface area contributed by atoms with Crippen molar-refractivity contribution in [3.8, 4) is 0 Å². The van der Waals surface area contributed by atoms with Gasteiger partial charge in [-0.05, 0) is 13.8 Å². The molecule has 0 saturated carbocycles. The summed E-state index contributed by atoms with van der Waals surface area (Å²) in [6.45, 7) is 1.47. The molecule has 23 heavy (non-hydrogen) atoms. The molecule has 1 aliphatic rings. The average Bonchev–Trinajstić information content (AvgIpc) is 2.56. The second-order valence-electron chi connectivity index (χ2n) is 5.66. The number of aliphatic hydroxyl groups excluding tert-OH is 1. The average molecular weight is 331 g/mol. The van der Waals surface area contributed by atoms with E-state index >= 15 is 0 Å². The summed E-state index contributed by atoms with van der Waals surface area (Å²) in [5.41, 5.74) is -4.24. The molecule has 0 aromatic carbocycles. The molecule has 7 N–H and O–H groups in total. The summed E-state index contributed by atoms with van der Waals surface area (Å²) in [5, 5.41) is 39.1. The molecule has 0 unspecified atom stereocenters. The van der Waals surface area contributed by atoms with Crippen molar-refractivity contribution in [2.45, 2.75) is 37.0 Å². The molecule has 1 saturated heterocycles. The van der Waals surface area contributed by atoms with Crippen LogP contribution in [0.3, 0.4) is 0 Å². The minimum absolute atomic E-state index is 0.558.